The summed E-state index contributed by atoms with van der Waals surface area (Å²) < 4.78 is 6.46. The van der Waals surface area contributed by atoms with E-state index < -0.39 is 0 Å². The van der Waals surface area contributed by atoms with Gasteiger partial charge < -0.3 is 15.6 Å². The molecule has 2 heterocycles. The third-order valence-corrected chi connectivity index (χ3v) is 5.67. The van der Waals surface area contributed by atoms with Crippen LogP contribution < -0.4 is 5.73 Å². The summed E-state index contributed by atoms with van der Waals surface area (Å²) in [6.45, 7) is 4.78. The predicted octanol–water partition coefficient (Wildman–Crippen LogP) is 2.21. The lowest BCUT2D eigenvalue weighted by atomic mass is 9.49. The third-order valence-electron chi connectivity index (χ3n) is 5.67. The Morgan fingerprint density at radius 1 is 1.39 bits per heavy atom. The van der Waals surface area contributed by atoms with Crippen molar-refractivity contribution in [1.29, 1.82) is 0 Å². The van der Waals surface area contributed by atoms with E-state index in [1.807, 2.05) is 0 Å². The molecule has 4 bridgehead atoms. The lowest BCUT2D eigenvalue weighted by Gasteiger charge is -2.67. The molecule has 0 spiro atoms. The molecule has 2 saturated heterocycles. The van der Waals surface area contributed by atoms with Crippen molar-refractivity contribution in [3.05, 3.63) is 0 Å². The molecule has 18 heavy (non-hydrogen) atoms. The molecule has 0 amide bonds. The lowest BCUT2D eigenvalue weighted by Crippen LogP contribution is -2.74. The molecular formula is C15H27NO2. The van der Waals surface area contributed by atoms with E-state index in [0.717, 1.165) is 31.6 Å². The van der Waals surface area contributed by atoms with E-state index in [0.29, 0.717) is 5.92 Å². The topological polar surface area (TPSA) is 55.5 Å². The fraction of sp³-hybridized carbons (Fsp3) is 1.00. The largest absolute Gasteiger partial charge is 0.396 e. The molecule has 5 atom stereocenters. The zero-order valence-corrected chi connectivity index (χ0v) is 11.7. The van der Waals surface area contributed by atoms with Crippen molar-refractivity contribution in [2.75, 3.05) is 6.61 Å². The Hall–Kier alpha value is -0.120. The summed E-state index contributed by atoms with van der Waals surface area (Å²) >= 11 is 0. The van der Waals surface area contributed by atoms with Gasteiger partial charge in [-0.15, -0.1) is 0 Å². The number of rotatable bonds is 3. The molecule has 3 N–H and O–H groups in total. The smallest absolute Gasteiger partial charge is 0.0710 e. The molecule has 3 heteroatoms. The summed E-state index contributed by atoms with van der Waals surface area (Å²) in [5.74, 6) is 1.23. The quantitative estimate of drug-likeness (QED) is 0.811. The van der Waals surface area contributed by atoms with Gasteiger partial charge in [0.15, 0.2) is 0 Å². The number of aliphatic hydroxyl groups is 1. The van der Waals surface area contributed by atoms with Gasteiger partial charge >= 0.3 is 0 Å². The van der Waals surface area contributed by atoms with Crippen LogP contribution in [0.3, 0.4) is 0 Å². The molecule has 104 valence electrons. The van der Waals surface area contributed by atoms with E-state index in [2.05, 4.69) is 13.8 Å². The number of fused-ring (bicyclic) bond motifs is 1. The second-order valence-electron chi connectivity index (χ2n) is 7.44. The molecule has 0 aromatic rings. The van der Waals surface area contributed by atoms with E-state index in [9.17, 15) is 0 Å². The van der Waals surface area contributed by atoms with Gasteiger partial charge in [0.2, 0.25) is 0 Å². The third kappa shape index (κ3) is 1.75. The number of hydrogen-bond donors (Lipinski definition) is 2. The Kier molecular flexibility index (Phi) is 2.82. The summed E-state index contributed by atoms with van der Waals surface area (Å²) in [5, 5.41) is 9.13. The van der Waals surface area contributed by atoms with Gasteiger partial charge in [0.05, 0.1) is 11.2 Å². The van der Waals surface area contributed by atoms with Gasteiger partial charge in [-0.1, -0.05) is 6.42 Å². The molecule has 0 aromatic heterocycles. The highest BCUT2D eigenvalue weighted by molar-refractivity contribution is 5.17. The van der Waals surface area contributed by atoms with Crippen molar-refractivity contribution in [2.24, 2.45) is 17.6 Å². The van der Waals surface area contributed by atoms with Crippen molar-refractivity contribution in [2.45, 2.75) is 75.5 Å². The van der Waals surface area contributed by atoms with Gasteiger partial charge in [-0.25, -0.2) is 0 Å². The van der Waals surface area contributed by atoms with Crippen LogP contribution in [-0.2, 0) is 4.74 Å². The Morgan fingerprint density at radius 2 is 2.17 bits per heavy atom. The first-order valence-electron chi connectivity index (χ1n) is 7.51. The fourth-order valence-electron chi connectivity index (χ4n) is 5.67. The van der Waals surface area contributed by atoms with Crippen molar-refractivity contribution in [3.8, 4) is 0 Å². The number of hydrogen-bond acceptors (Lipinski definition) is 3. The normalized spacial score (nSPS) is 54.7. The highest BCUT2D eigenvalue weighted by atomic mass is 16.5. The number of nitrogens with two attached hydrogens (primary N) is 1. The van der Waals surface area contributed by atoms with E-state index >= 15 is 0 Å². The highest BCUT2D eigenvalue weighted by Crippen LogP contribution is 2.61. The molecule has 2 saturated carbocycles. The summed E-state index contributed by atoms with van der Waals surface area (Å²) in [6.07, 6.45) is 7.68. The molecule has 2 aliphatic carbocycles. The molecule has 4 aliphatic rings. The van der Waals surface area contributed by atoms with Crippen LogP contribution in [0.15, 0.2) is 0 Å². The highest BCUT2D eigenvalue weighted by Gasteiger charge is 2.64. The molecule has 3 nitrogen and oxygen atoms in total. The van der Waals surface area contributed by atoms with Gasteiger partial charge in [0, 0.05) is 18.1 Å². The van der Waals surface area contributed by atoms with Crippen LogP contribution in [-0.4, -0.2) is 28.5 Å². The van der Waals surface area contributed by atoms with Crippen molar-refractivity contribution >= 4 is 0 Å². The maximum atomic E-state index is 9.13. The van der Waals surface area contributed by atoms with Gasteiger partial charge in [-0.2, -0.15) is 0 Å². The molecule has 4 rings (SSSR count). The van der Waals surface area contributed by atoms with E-state index in [1.165, 1.54) is 19.3 Å². The number of ether oxygens (including phenoxy) is 1. The van der Waals surface area contributed by atoms with Crippen LogP contribution in [0.1, 0.15) is 58.8 Å². The Morgan fingerprint density at radius 3 is 2.83 bits per heavy atom. The summed E-state index contributed by atoms with van der Waals surface area (Å²) in [6, 6.07) is 0. The van der Waals surface area contributed by atoms with E-state index in [4.69, 9.17) is 15.6 Å². The minimum atomic E-state index is -0.117. The SMILES string of the molecule is CC12CC3CCCC(C)(O1)C3C(N)(CCCO)C2. The van der Waals surface area contributed by atoms with Crippen LogP contribution in [0.25, 0.3) is 0 Å². The Bertz CT molecular complexity index is 347. The first-order valence-corrected chi connectivity index (χ1v) is 7.51. The van der Waals surface area contributed by atoms with Crippen LogP contribution in [0.4, 0.5) is 0 Å². The van der Waals surface area contributed by atoms with E-state index in [1.54, 1.807) is 0 Å². The molecule has 0 aromatic carbocycles. The second-order valence-corrected chi connectivity index (χ2v) is 7.44. The summed E-state index contributed by atoms with van der Waals surface area (Å²) in [7, 11) is 0. The molecule has 0 radical (unpaired) electrons. The van der Waals surface area contributed by atoms with Crippen molar-refractivity contribution < 1.29 is 9.84 Å². The molecular weight excluding hydrogens is 226 g/mol. The first kappa shape index (κ1) is 12.9. The molecule has 4 fully saturated rings. The second kappa shape index (κ2) is 3.94. The Balaban J connectivity index is 1.94. The van der Waals surface area contributed by atoms with E-state index in [-0.39, 0.29) is 23.3 Å². The summed E-state index contributed by atoms with van der Waals surface area (Å²) in [5.41, 5.74) is 6.64. The van der Waals surface area contributed by atoms with Crippen molar-refractivity contribution in [1.82, 2.24) is 0 Å². The van der Waals surface area contributed by atoms with Gasteiger partial charge in [0.25, 0.3) is 0 Å². The van der Waals surface area contributed by atoms with Gasteiger partial charge in [-0.05, 0) is 58.3 Å². The van der Waals surface area contributed by atoms with Crippen LogP contribution in [0.5, 0.6) is 0 Å². The minimum absolute atomic E-state index is 0.0155. The average Bonchev–Trinajstić information content (AvgIpc) is 2.22. The monoisotopic (exact) mass is 253 g/mol. The standard InChI is InChI=1S/C15H27NO2/c1-13-9-11-5-3-6-14(2,18-13)12(11)15(16,10-13)7-4-8-17/h11-12,17H,3-10,16H2,1-2H3. The maximum Gasteiger partial charge on any atom is 0.0710 e. The van der Waals surface area contributed by atoms with Crippen LogP contribution in [0, 0.1) is 11.8 Å². The van der Waals surface area contributed by atoms with Gasteiger partial charge in [0.1, 0.15) is 0 Å². The van der Waals surface area contributed by atoms with Crippen LogP contribution in [0.2, 0.25) is 0 Å². The first-order chi connectivity index (χ1) is 8.41. The maximum absolute atomic E-state index is 9.13. The van der Waals surface area contributed by atoms with Crippen LogP contribution >= 0.6 is 0 Å². The average molecular weight is 253 g/mol. The van der Waals surface area contributed by atoms with Gasteiger partial charge in [-0.3, -0.25) is 0 Å². The summed E-state index contributed by atoms with van der Waals surface area (Å²) in [4.78, 5) is 0. The zero-order chi connectivity index (χ0) is 13.0. The molecule has 5 unspecified atom stereocenters. The number of aliphatic hydroxyl groups excluding tert-OH is 1. The fourth-order valence-corrected chi connectivity index (χ4v) is 5.67. The predicted molar refractivity (Wildman–Crippen MR) is 71.2 cm³/mol. The zero-order valence-electron chi connectivity index (χ0n) is 11.7. The minimum Gasteiger partial charge on any atom is -0.396 e. The molecule has 2 aliphatic heterocycles. The Labute approximate surface area is 110 Å². The van der Waals surface area contributed by atoms with Crippen molar-refractivity contribution in [3.63, 3.8) is 0 Å². The lowest BCUT2D eigenvalue weighted by molar-refractivity contribution is -0.298.